The molecule has 0 saturated heterocycles. The third kappa shape index (κ3) is 5.69. The second kappa shape index (κ2) is 14.0. The van der Waals surface area contributed by atoms with E-state index in [0.717, 1.165) is 37.6 Å². The molecular formula is C57H34N4O2. The Labute approximate surface area is 379 Å². The Hall–Kier alpha value is -8.61. The Kier molecular flexibility index (Phi) is 5.46. The molecule has 63 heavy (non-hydrogen) atoms. The molecule has 294 valence electrons. The Balaban J connectivity index is 1.07. The molecule has 0 aliphatic heterocycles. The Bertz CT molecular complexity index is 4670. The van der Waals surface area contributed by atoms with Crippen LogP contribution in [0.1, 0.15) is 17.8 Å². The molecular weight excluding hydrogens is 773 g/mol. The molecule has 0 radical (unpaired) electrons. The highest BCUT2D eigenvalue weighted by Gasteiger charge is 2.20. The van der Waals surface area contributed by atoms with Gasteiger partial charge in [-0.3, -0.25) is 0 Å². The molecule has 6 nitrogen and oxygen atoms in total. The van der Waals surface area contributed by atoms with E-state index in [1.54, 1.807) is 0 Å². The molecule has 0 amide bonds. The number of furan rings is 2. The van der Waals surface area contributed by atoms with Crippen LogP contribution in [0.4, 0.5) is 0 Å². The Morgan fingerprint density at radius 1 is 0.397 bits per heavy atom. The maximum Gasteiger partial charge on any atom is 0.164 e. The lowest BCUT2D eigenvalue weighted by molar-refractivity contribution is 0.666. The van der Waals surface area contributed by atoms with Crippen molar-refractivity contribution in [2.24, 2.45) is 0 Å². The van der Waals surface area contributed by atoms with E-state index < -0.39 is 78.6 Å². The summed E-state index contributed by atoms with van der Waals surface area (Å²) in [7, 11) is 0. The van der Waals surface area contributed by atoms with E-state index >= 15 is 0 Å². The Morgan fingerprint density at radius 3 is 1.89 bits per heavy atom. The van der Waals surface area contributed by atoms with Crippen molar-refractivity contribution in [2.45, 2.75) is 0 Å². The minimum Gasteiger partial charge on any atom is -0.456 e. The average molecular weight is 820 g/mol. The van der Waals surface area contributed by atoms with Crippen LogP contribution in [0.5, 0.6) is 0 Å². The third-order valence-electron chi connectivity index (χ3n) is 11.3. The lowest BCUT2D eigenvalue weighted by Crippen LogP contribution is -2.00. The fourth-order valence-electron chi connectivity index (χ4n) is 8.40. The minimum atomic E-state index is -0.681. The van der Waals surface area contributed by atoms with Crippen molar-refractivity contribution in [3.05, 3.63) is 206 Å². The van der Waals surface area contributed by atoms with Gasteiger partial charge in [0.1, 0.15) is 16.7 Å². The molecule has 4 heterocycles. The molecule has 0 aliphatic rings. The SMILES string of the molecule is [2H]c1cc2c(c([2H])c1[2H])c1c([2H])c([2H])c([2H])c([2H])c1n2-c1c([2H])c([2H])c([2H])c2c1oc1c([2H])c(-c3nc(-c4ccc(-c5ccccc5)cc4)nc(-c4ccc5c(c4)oc4cccc(-c6ccccc6)c45)n3)c([2H])c([2H])c12. The van der Waals surface area contributed by atoms with Crippen LogP contribution in [0, 0.1) is 0 Å². The zero-order valence-electron chi connectivity index (χ0n) is 45.7. The molecule has 0 N–H and O–H groups in total. The predicted octanol–water partition coefficient (Wildman–Crippen LogP) is 15.1. The van der Waals surface area contributed by atoms with E-state index in [1.165, 1.54) is 6.07 Å². The molecule has 0 atom stereocenters. The van der Waals surface area contributed by atoms with Gasteiger partial charge in [-0.1, -0.05) is 158 Å². The lowest BCUT2D eigenvalue weighted by Gasteiger charge is -2.09. The molecule has 4 aromatic heterocycles. The normalized spacial score (nSPS) is 14.7. The fourth-order valence-corrected chi connectivity index (χ4v) is 8.40. The van der Waals surface area contributed by atoms with Crippen LogP contribution < -0.4 is 0 Å². The molecule has 0 saturated carbocycles. The van der Waals surface area contributed by atoms with E-state index in [1.807, 2.05) is 121 Å². The van der Waals surface area contributed by atoms with Crippen molar-refractivity contribution in [3.8, 4) is 62.1 Å². The number of aromatic nitrogens is 4. The maximum atomic E-state index is 9.82. The van der Waals surface area contributed by atoms with Gasteiger partial charge in [-0.05, 0) is 70.7 Å². The van der Waals surface area contributed by atoms with Gasteiger partial charge in [-0.25, -0.2) is 15.0 Å². The van der Waals surface area contributed by atoms with Crippen LogP contribution in [-0.4, -0.2) is 19.5 Å². The first-order valence-corrected chi connectivity index (χ1v) is 20.0. The van der Waals surface area contributed by atoms with Crippen LogP contribution in [0.25, 0.3) is 128 Å². The monoisotopic (exact) mass is 819 g/mol. The van der Waals surface area contributed by atoms with Gasteiger partial charge in [0.2, 0.25) is 0 Å². The number of hydrogen-bond donors (Lipinski definition) is 0. The van der Waals surface area contributed by atoms with Crippen molar-refractivity contribution < 1.29 is 26.7 Å². The highest BCUT2D eigenvalue weighted by Crippen LogP contribution is 2.41. The molecule has 9 aromatic carbocycles. The Morgan fingerprint density at radius 2 is 1.06 bits per heavy atom. The standard InChI is InChI=1S/C57H34N4O2/c1-3-13-35(14-4-1)36-25-27-38(28-26-36)55-58-56(60-57(59-55)40-30-32-46-52(34-40)62-50-24-12-19-41(53(46)50)37-15-5-2-6-16-37)39-29-31-44-45-20-11-23-49(54(45)63-51(44)33-39)61-47-21-9-7-17-42(47)43-18-8-10-22-48(43)61/h1-34H/i7D,8D,9D,10D,11D,17D,18D,20D,21D,23D,29D,31D,33D. The van der Waals surface area contributed by atoms with Crippen molar-refractivity contribution in [1.82, 2.24) is 19.5 Å². The van der Waals surface area contributed by atoms with E-state index in [0.29, 0.717) is 22.3 Å². The van der Waals surface area contributed by atoms with Gasteiger partial charge < -0.3 is 13.4 Å². The van der Waals surface area contributed by atoms with Crippen LogP contribution >= 0.6 is 0 Å². The number of hydrogen-bond acceptors (Lipinski definition) is 5. The number of fused-ring (bicyclic) bond motifs is 9. The zero-order valence-corrected chi connectivity index (χ0v) is 32.7. The van der Waals surface area contributed by atoms with Crippen LogP contribution in [0.15, 0.2) is 215 Å². The van der Waals surface area contributed by atoms with Gasteiger partial charge in [0.25, 0.3) is 0 Å². The summed E-state index contributed by atoms with van der Waals surface area (Å²) in [5.74, 6) is 0.155. The maximum absolute atomic E-state index is 9.82. The molecule has 13 aromatic rings. The van der Waals surface area contributed by atoms with Gasteiger partial charge in [-0.2, -0.15) is 0 Å². The minimum absolute atomic E-state index is 0.0843. The fraction of sp³-hybridized carbons (Fsp3) is 0. The molecule has 0 bridgehead atoms. The quantitative estimate of drug-likeness (QED) is 0.167. The second-order valence-corrected chi connectivity index (χ2v) is 14.9. The molecule has 0 spiro atoms. The van der Waals surface area contributed by atoms with Crippen LogP contribution in [-0.2, 0) is 0 Å². The number of para-hydroxylation sites is 3. The highest BCUT2D eigenvalue weighted by atomic mass is 16.3. The number of benzene rings is 9. The summed E-state index contributed by atoms with van der Waals surface area (Å²) in [5.41, 5.74) is 4.62. The van der Waals surface area contributed by atoms with Gasteiger partial charge in [0.15, 0.2) is 23.1 Å². The summed E-state index contributed by atoms with van der Waals surface area (Å²) in [5, 5.41) is 1.01. The van der Waals surface area contributed by atoms with Crippen molar-refractivity contribution >= 4 is 65.7 Å². The van der Waals surface area contributed by atoms with Gasteiger partial charge in [0, 0.05) is 49.0 Å². The highest BCUT2D eigenvalue weighted by molar-refractivity contribution is 6.14. The van der Waals surface area contributed by atoms with Gasteiger partial charge in [-0.15, -0.1) is 0 Å². The summed E-state index contributed by atoms with van der Waals surface area (Å²) in [6.45, 7) is 0. The first kappa shape index (κ1) is 24.6. The van der Waals surface area contributed by atoms with Crippen molar-refractivity contribution in [3.63, 3.8) is 0 Å². The summed E-state index contributed by atoms with van der Waals surface area (Å²) < 4.78 is 132. The average Bonchev–Trinajstić information content (AvgIpc) is 4.29. The zero-order chi connectivity index (χ0) is 52.7. The number of nitrogens with zero attached hydrogens (tertiary/aromatic N) is 4. The van der Waals surface area contributed by atoms with Crippen LogP contribution in [0.2, 0.25) is 0 Å². The molecule has 13 rings (SSSR count). The first-order valence-electron chi connectivity index (χ1n) is 26.5. The topological polar surface area (TPSA) is 69.9 Å². The van der Waals surface area contributed by atoms with E-state index in [-0.39, 0.29) is 72.5 Å². The third-order valence-corrected chi connectivity index (χ3v) is 11.3. The largest absolute Gasteiger partial charge is 0.456 e. The summed E-state index contributed by atoms with van der Waals surface area (Å²) in [6, 6.07) is 32.6. The summed E-state index contributed by atoms with van der Waals surface area (Å²) in [6.07, 6.45) is 0. The lowest BCUT2D eigenvalue weighted by atomic mass is 9.99. The van der Waals surface area contributed by atoms with Crippen molar-refractivity contribution in [1.29, 1.82) is 0 Å². The van der Waals surface area contributed by atoms with E-state index in [2.05, 4.69) is 0 Å². The molecule has 0 unspecified atom stereocenters. The summed E-state index contributed by atoms with van der Waals surface area (Å²) >= 11 is 0. The second-order valence-electron chi connectivity index (χ2n) is 14.9. The molecule has 0 aliphatic carbocycles. The van der Waals surface area contributed by atoms with Gasteiger partial charge in [0.05, 0.1) is 34.5 Å². The molecule has 0 fully saturated rings. The van der Waals surface area contributed by atoms with E-state index in [9.17, 15) is 6.85 Å². The number of rotatable bonds is 6. The first-order chi connectivity index (χ1) is 36.6. The van der Waals surface area contributed by atoms with Gasteiger partial charge >= 0.3 is 0 Å². The van der Waals surface area contributed by atoms with Crippen LogP contribution in [0.3, 0.4) is 0 Å². The van der Waals surface area contributed by atoms with Crippen molar-refractivity contribution in [2.75, 3.05) is 0 Å². The predicted molar refractivity (Wildman–Crippen MR) is 256 cm³/mol. The summed E-state index contributed by atoms with van der Waals surface area (Å²) in [4.78, 5) is 14.7. The molecule has 6 heteroatoms. The van der Waals surface area contributed by atoms with E-state index in [4.69, 9.17) is 34.8 Å². The smallest absolute Gasteiger partial charge is 0.164 e.